The molecule has 3 aliphatic rings. The van der Waals surface area contributed by atoms with Crippen LogP contribution in [0.2, 0.25) is 0 Å². The third kappa shape index (κ3) is 4.90. The van der Waals surface area contributed by atoms with E-state index in [0.717, 1.165) is 32.2 Å². The number of carbonyl (C=O) groups excluding carboxylic acids is 3. The van der Waals surface area contributed by atoms with Crippen LogP contribution >= 0.6 is 0 Å². The lowest BCUT2D eigenvalue weighted by Crippen LogP contribution is -2.56. The third-order valence-electron chi connectivity index (χ3n) is 8.81. The summed E-state index contributed by atoms with van der Waals surface area (Å²) in [4.78, 5) is 45.8. The van der Waals surface area contributed by atoms with Crippen LogP contribution in [-0.4, -0.2) is 97.4 Å². The van der Waals surface area contributed by atoms with Gasteiger partial charge in [0, 0.05) is 32.7 Å². The monoisotopic (exact) mass is 483 g/mol. The number of likely N-dealkylation sites (N-methyl/N-ethyl adjacent to an activating group) is 2. The maximum absolute atomic E-state index is 13.6. The first-order valence-electron chi connectivity index (χ1n) is 12.9. The molecule has 1 N–H and O–H groups in total. The normalized spacial score (nSPS) is 26.8. The molecule has 4 amide bonds. The molecule has 192 valence electrons. The number of rotatable bonds is 8. The first-order chi connectivity index (χ1) is 16.7. The van der Waals surface area contributed by atoms with Crippen molar-refractivity contribution in [2.24, 2.45) is 5.92 Å². The Bertz CT molecular complexity index is 922. The Hall–Kier alpha value is -2.61. The fourth-order valence-electron chi connectivity index (χ4n) is 6.18. The van der Waals surface area contributed by atoms with Crippen LogP contribution in [0.25, 0.3) is 0 Å². The summed E-state index contributed by atoms with van der Waals surface area (Å²) < 4.78 is 0. The van der Waals surface area contributed by atoms with Gasteiger partial charge in [-0.15, -0.1) is 0 Å². The van der Waals surface area contributed by atoms with Gasteiger partial charge >= 0.3 is 6.03 Å². The molecule has 0 bridgehead atoms. The number of hydrogen-bond donors (Lipinski definition) is 1. The summed E-state index contributed by atoms with van der Waals surface area (Å²) in [5, 5.41) is 2.55. The Labute approximate surface area is 209 Å². The van der Waals surface area contributed by atoms with Crippen molar-refractivity contribution in [3.8, 4) is 0 Å². The molecule has 1 aromatic rings. The molecule has 8 heteroatoms. The van der Waals surface area contributed by atoms with Crippen molar-refractivity contribution < 1.29 is 14.4 Å². The average molecular weight is 484 g/mol. The topological polar surface area (TPSA) is 76.2 Å². The van der Waals surface area contributed by atoms with Crippen molar-refractivity contribution in [3.63, 3.8) is 0 Å². The van der Waals surface area contributed by atoms with E-state index in [4.69, 9.17) is 0 Å². The van der Waals surface area contributed by atoms with E-state index in [1.54, 1.807) is 19.0 Å². The van der Waals surface area contributed by atoms with Crippen LogP contribution in [-0.2, 0) is 15.1 Å². The van der Waals surface area contributed by atoms with Crippen LogP contribution in [0.4, 0.5) is 4.79 Å². The molecule has 0 atom stereocenters. The lowest BCUT2D eigenvalue weighted by atomic mass is 9.68. The molecule has 0 radical (unpaired) electrons. The second-order valence-electron chi connectivity index (χ2n) is 11.0. The average Bonchev–Trinajstić information content (AvgIpc) is 3.07. The molecule has 3 fully saturated rings. The number of benzene rings is 1. The lowest BCUT2D eigenvalue weighted by Gasteiger charge is -2.51. The Morgan fingerprint density at radius 3 is 2.26 bits per heavy atom. The van der Waals surface area contributed by atoms with Crippen LogP contribution in [0.5, 0.6) is 0 Å². The minimum absolute atomic E-state index is 0.00325. The highest BCUT2D eigenvalue weighted by Crippen LogP contribution is 2.49. The van der Waals surface area contributed by atoms with Crippen molar-refractivity contribution in [1.29, 1.82) is 0 Å². The summed E-state index contributed by atoms with van der Waals surface area (Å²) in [5.74, 6) is 0.146. The summed E-state index contributed by atoms with van der Waals surface area (Å²) in [6.07, 6.45) is 7.37. The van der Waals surface area contributed by atoms with Crippen molar-refractivity contribution in [3.05, 3.63) is 35.9 Å². The highest BCUT2D eigenvalue weighted by Gasteiger charge is 2.55. The number of carbonyl (C=O) groups is 3. The number of nitrogens with one attached hydrogen (secondary N) is 1. The van der Waals surface area contributed by atoms with Crippen LogP contribution in [0.1, 0.15) is 50.5 Å². The molecule has 2 saturated carbocycles. The van der Waals surface area contributed by atoms with E-state index in [9.17, 15) is 14.4 Å². The van der Waals surface area contributed by atoms with Gasteiger partial charge in [-0.2, -0.15) is 0 Å². The molecular formula is C27H41N5O3. The summed E-state index contributed by atoms with van der Waals surface area (Å²) in [7, 11) is 7.49. The van der Waals surface area contributed by atoms with E-state index in [1.165, 1.54) is 29.7 Å². The maximum Gasteiger partial charge on any atom is 0.321 e. The summed E-state index contributed by atoms with van der Waals surface area (Å²) in [5.41, 5.74) is 1.05. The Morgan fingerprint density at radius 2 is 1.71 bits per heavy atom. The standard InChI is InChI=1S/C27H41N5O3/c1-28-23(33)18-30(4)24(34)19-31-20-26(32(25(31)35)17-21-9-8-10-21)13-15-27(16-14-26,29(2)3)22-11-6-5-7-12-22/h5-7,11-12,21H,8-10,13-20H2,1-4H3,(H,28,33). The molecule has 0 unspecified atom stereocenters. The second kappa shape index (κ2) is 10.2. The number of hydrogen-bond acceptors (Lipinski definition) is 4. The van der Waals surface area contributed by atoms with E-state index in [2.05, 4.69) is 59.5 Å². The molecule has 8 nitrogen and oxygen atoms in total. The fourth-order valence-corrected chi connectivity index (χ4v) is 6.18. The molecule has 1 saturated heterocycles. The predicted octanol–water partition coefficient (Wildman–Crippen LogP) is 2.50. The van der Waals surface area contributed by atoms with Crippen molar-refractivity contribution in [2.75, 3.05) is 54.4 Å². The van der Waals surface area contributed by atoms with E-state index >= 15 is 0 Å². The minimum atomic E-state index is -0.236. The number of urea groups is 1. The van der Waals surface area contributed by atoms with Gasteiger partial charge in [0.1, 0.15) is 6.54 Å². The second-order valence-corrected chi connectivity index (χ2v) is 11.0. The largest absolute Gasteiger partial charge is 0.358 e. The molecule has 0 aromatic heterocycles. The highest BCUT2D eigenvalue weighted by atomic mass is 16.2. The van der Waals surface area contributed by atoms with Crippen LogP contribution in [0, 0.1) is 5.92 Å². The summed E-state index contributed by atoms with van der Waals surface area (Å²) in [6.45, 7) is 1.39. The van der Waals surface area contributed by atoms with Gasteiger partial charge in [0.05, 0.1) is 12.1 Å². The van der Waals surface area contributed by atoms with Crippen molar-refractivity contribution in [2.45, 2.75) is 56.0 Å². The summed E-state index contributed by atoms with van der Waals surface area (Å²) in [6, 6.07) is 10.7. The molecule has 1 aromatic carbocycles. The van der Waals surface area contributed by atoms with Gasteiger partial charge in [-0.3, -0.25) is 14.5 Å². The number of nitrogens with zero attached hydrogens (tertiary/aromatic N) is 4. The Morgan fingerprint density at radius 1 is 1.06 bits per heavy atom. The van der Waals surface area contributed by atoms with E-state index in [-0.39, 0.29) is 42.0 Å². The zero-order valence-electron chi connectivity index (χ0n) is 21.8. The zero-order chi connectivity index (χ0) is 25.2. The Kier molecular flexibility index (Phi) is 7.40. The molecule has 4 rings (SSSR count). The SMILES string of the molecule is CNC(=O)CN(C)C(=O)CN1CC2(CCC(c3ccccc3)(N(C)C)CC2)N(CC2CCC2)C1=O. The third-order valence-corrected chi connectivity index (χ3v) is 8.81. The van der Waals surface area contributed by atoms with Crippen LogP contribution in [0.15, 0.2) is 30.3 Å². The molecule has 1 aliphatic heterocycles. The van der Waals surface area contributed by atoms with Gasteiger partial charge in [0.25, 0.3) is 0 Å². The van der Waals surface area contributed by atoms with Gasteiger partial charge < -0.3 is 20.0 Å². The van der Waals surface area contributed by atoms with Crippen molar-refractivity contribution in [1.82, 2.24) is 24.9 Å². The van der Waals surface area contributed by atoms with E-state index in [0.29, 0.717) is 12.5 Å². The Balaban J connectivity index is 1.53. The van der Waals surface area contributed by atoms with Crippen LogP contribution in [0.3, 0.4) is 0 Å². The fraction of sp³-hybridized carbons (Fsp3) is 0.667. The first kappa shape index (κ1) is 25.5. The molecule has 1 heterocycles. The smallest absolute Gasteiger partial charge is 0.321 e. The molecular weight excluding hydrogens is 442 g/mol. The quantitative estimate of drug-likeness (QED) is 0.617. The predicted molar refractivity (Wildman–Crippen MR) is 136 cm³/mol. The highest BCUT2D eigenvalue weighted by molar-refractivity contribution is 5.88. The van der Waals surface area contributed by atoms with Crippen molar-refractivity contribution >= 4 is 17.8 Å². The summed E-state index contributed by atoms with van der Waals surface area (Å²) >= 11 is 0. The zero-order valence-corrected chi connectivity index (χ0v) is 21.8. The first-order valence-corrected chi connectivity index (χ1v) is 12.9. The minimum Gasteiger partial charge on any atom is -0.358 e. The molecule has 2 aliphatic carbocycles. The van der Waals surface area contributed by atoms with E-state index in [1.807, 2.05) is 0 Å². The molecule has 1 spiro atoms. The maximum atomic E-state index is 13.6. The number of amides is 4. The van der Waals surface area contributed by atoms with Gasteiger partial charge in [0.2, 0.25) is 11.8 Å². The van der Waals surface area contributed by atoms with Gasteiger partial charge in [-0.25, -0.2) is 4.79 Å². The van der Waals surface area contributed by atoms with Gasteiger partial charge in [-0.05, 0) is 64.1 Å². The molecule has 35 heavy (non-hydrogen) atoms. The van der Waals surface area contributed by atoms with E-state index < -0.39 is 0 Å². The van der Waals surface area contributed by atoms with Gasteiger partial charge in [0.15, 0.2) is 0 Å². The van der Waals surface area contributed by atoms with Crippen LogP contribution < -0.4 is 5.32 Å². The van der Waals surface area contributed by atoms with Gasteiger partial charge in [-0.1, -0.05) is 36.8 Å². The lowest BCUT2D eigenvalue weighted by molar-refractivity contribution is -0.134.